The summed E-state index contributed by atoms with van der Waals surface area (Å²) in [7, 11) is 0. The molecule has 4 heteroatoms. The van der Waals surface area contributed by atoms with Crippen LogP contribution in [-0.4, -0.2) is 26.3 Å². The Labute approximate surface area is 130 Å². The maximum Gasteiger partial charge on any atom is 0.162 e. The molecule has 3 nitrogen and oxygen atoms in total. The van der Waals surface area contributed by atoms with Crippen LogP contribution < -0.4 is 14.8 Å². The molecule has 112 valence electrons. The van der Waals surface area contributed by atoms with E-state index in [1.807, 2.05) is 6.07 Å². The van der Waals surface area contributed by atoms with Crippen molar-refractivity contribution < 1.29 is 9.47 Å². The third kappa shape index (κ3) is 3.67. The summed E-state index contributed by atoms with van der Waals surface area (Å²) >= 11 is 3.69. The maximum atomic E-state index is 5.80. The third-order valence-corrected chi connectivity index (χ3v) is 4.40. The molecular weight excluding hydrogens is 318 g/mol. The number of nitrogens with one attached hydrogen (secondary N) is 1. The van der Waals surface area contributed by atoms with Gasteiger partial charge in [-0.25, -0.2) is 0 Å². The fourth-order valence-electron chi connectivity index (χ4n) is 2.41. The number of hydrogen-bond acceptors (Lipinski definition) is 3. The Morgan fingerprint density at radius 3 is 2.50 bits per heavy atom. The first-order valence-corrected chi connectivity index (χ1v) is 8.14. The largest absolute Gasteiger partial charge is 0.490 e. The van der Waals surface area contributed by atoms with Crippen molar-refractivity contribution in [3.63, 3.8) is 0 Å². The maximum absolute atomic E-state index is 5.80. The minimum Gasteiger partial charge on any atom is -0.490 e. The highest BCUT2D eigenvalue weighted by Crippen LogP contribution is 2.41. The summed E-state index contributed by atoms with van der Waals surface area (Å²) in [6.45, 7) is 10.2. The van der Waals surface area contributed by atoms with Crippen molar-refractivity contribution in [3.8, 4) is 11.5 Å². The van der Waals surface area contributed by atoms with Crippen LogP contribution in [0, 0.1) is 0 Å². The zero-order valence-electron chi connectivity index (χ0n) is 12.6. The van der Waals surface area contributed by atoms with Crippen LogP contribution in [0.5, 0.6) is 11.5 Å². The van der Waals surface area contributed by atoms with Gasteiger partial charge >= 0.3 is 0 Å². The predicted molar refractivity (Wildman–Crippen MR) is 85.9 cm³/mol. The molecule has 0 aromatic heterocycles. The number of halogens is 1. The van der Waals surface area contributed by atoms with Crippen LogP contribution in [0.1, 0.15) is 39.2 Å². The van der Waals surface area contributed by atoms with Crippen LogP contribution in [0.3, 0.4) is 0 Å². The Bertz CT molecular complexity index is 460. The lowest BCUT2D eigenvalue weighted by Crippen LogP contribution is -2.25. The van der Waals surface area contributed by atoms with Crippen LogP contribution in [0.15, 0.2) is 16.6 Å². The van der Waals surface area contributed by atoms with Crippen molar-refractivity contribution in [1.82, 2.24) is 5.32 Å². The van der Waals surface area contributed by atoms with Crippen LogP contribution in [0.4, 0.5) is 0 Å². The molecule has 0 unspecified atom stereocenters. The van der Waals surface area contributed by atoms with Crippen molar-refractivity contribution in [2.24, 2.45) is 0 Å². The first kappa shape index (κ1) is 15.6. The molecule has 1 aromatic rings. The number of rotatable bonds is 5. The fourth-order valence-corrected chi connectivity index (χ4v) is 3.27. The molecule has 0 fully saturated rings. The third-order valence-electron chi connectivity index (χ3n) is 3.74. The van der Waals surface area contributed by atoms with Gasteiger partial charge in [0.15, 0.2) is 11.5 Å². The molecular formula is C16H24BrNO2. The molecule has 2 rings (SSSR count). The molecule has 0 atom stereocenters. The highest BCUT2D eigenvalue weighted by Gasteiger charge is 2.25. The number of benzene rings is 1. The molecule has 1 N–H and O–H groups in total. The highest BCUT2D eigenvalue weighted by molar-refractivity contribution is 9.10. The molecule has 1 aliphatic heterocycles. The van der Waals surface area contributed by atoms with Gasteiger partial charge in [0, 0.05) is 10.9 Å². The van der Waals surface area contributed by atoms with Gasteiger partial charge in [0.05, 0.1) is 13.2 Å². The second-order valence-corrected chi connectivity index (χ2v) is 6.67. The predicted octanol–water partition coefficient (Wildman–Crippen LogP) is 3.89. The molecule has 0 saturated heterocycles. The molecule has 1 heterocycles. The molecule has 20 heavy (non-hydrogen) atoms. The van der Waals surface area contributed by atoms with E-state index in [1.165, 1.54) is 5.56 Å². The quantitative estimate of drug-likeness (QED) is 0.824. The zero-order valence-corrected chi connectivity index (χ0v) is 14.2. The smallest absolute Gasteiger partial charge is 0.162 e. The average Bonchev–Trinajstić information content (AvgIpc) is 2.62. The standard InChI is InChI=1S/C16H24BrNO2/c1-4-18-7-6-16(2,3)12-10-14-15(11-13(12)17)20-9-5-8-19-14/h10-11,18H,4-9H2,1-3H3. The molecule has 1 aliphatic rings. The Morgan fingerprint density at radius 1 is 1.20 bits per heavy atom. The first-order chi connectivity index (χ1) is 9.54. The van der Waals surface area contributed by atoms with Gasteiger partial charge in [-0.2, -0.15) is 0 Å². The van der Waals surface area contributed by atoms with Crippen molar-refractivity contribution in [2.75, 3.05) is 26.3 Å². The summed E-state index contributed by atoms with van der Waals surface area (Å²) < 4.78 is 12.6. The van der Waals surface area contributed by atoms with E-state index in [9.17, 15) is 0 Å². The Morgan fingerprint density at radius 2 is 1.85 bits per heavy atom. The van der Waals surface area contributed by atoms with E-state index < -0.39 is 0 Å². The van der Waals surface area contributed by atoms with E-state index in [-0.39, 0.29) is 5.41 Å². The monoisotopic (exact) mass is 341 g/mol. The van der Waals surface area contributed by atoms with E-state index in [4.69, 9.17) is 9.47 Å². The minimum atomic E-state index is 0.0890. The normalized spacial score (nSPS) is 15.0. The van der Waals surface area contributed by atoms with E-state index in [0.29, 0.717) is 0 Å². The lowest BCUT2D eigenvalue weighted by molar-refractivity contribution is 0.296. The van der Waals surface area contributed by atoms with Gasteiger partial charge < -0.3 is 14.8 Å². The van der Waals surface area contributed by atoms with Gasteiger partial charge in [-0.15, -0.1) is 0 Å². The van der Waals surface area contributed by atoms with E-state index >= 15 is 0 Å². The highest BCUT2D eigenvalue weighted by atomic mass is 79.9. The number of ether oxygens (including phenoxy) is 2. The second kappa shape index (κ2) is 6.81. The summed E-state index contributed by atoms with van der Waals surface area (Å²) in [6.07, 6.45) is 2.02. The summed E-state index contributed by atoms with van der Waals surface area (Å²) in [5, 5.41) is 3.39. The number of fused-ring (bicyclic) bond motifs is 1. The Hall–Kier alpha value is -0.740. The first-order valence-electron chi connectivity index (χ1n) is 7.35. The second-order valence-electron chi connectivity index (χ2n) is 5.82. The minimum absolute atomic E-state index is 0.0890. The Balaban J connectivity index is 2.24. The Kier molecular flexibility index (Phi) is 5.33. The van der Waals surface area contributed by atoms with Gasteiger partial charge in [0.25, 0.3) is 0 Å². The van der Waals surface area contributed by atoms with Crippen LogP contribution in [0.25, 0.3) is 0 Å². The molecule has 0 saturated carbocycles. The van der Waals surface area contributed by atoms with Gasteiger partial charge in [-0.1, -0.05) is 36.7 Å². The average molecular weight is 342 g/mol. The summed E-state index contributed by atoms with van der Waals surface area (Å²) in [5.41, 5.74) is 1.37. The topological polar surface area (TPSA) is 30.5 Å². The van der Waals surface area contributed by atoms with Crippen LogP contribution in [0.2, 0.25) is 0 Å². The van der Waals surface area contributed by atoms with Gasteiger partial charge in [-0.05, 0) is 42.6 Å². The summed E-state index contributed by atoms with van der Waals surface area (Å²) in [4.78, 5) is 0. The molecule has 1 aromatic carbocycles. The van der Waals surface area contributed by atoms with Gasteiger partial charge in [-0.3, -0.25) is 0 Å². The molecule has 0 spiro atoms. The van der Waals surface area contributed by atoms with E-state index in [1.54, 1.807) is 0 Å². The summed E-state index contributed by atoms with van der Waals surface area (Å²) in [6, 6.07) is 4.18. The lowest BCUT2D eigenvalue weighted by Gasteiger charge is -2.27. The summed E-state index contributed by atoms with van der Waals surface area (Å²) in [5.74, 6) is 1.72. The molecule has 0 aliphatic carbocycles. The van der Waals surface area contributed by atoms with Crippen LogP contribution >= 0.6 is 15.9 Å². The van der Waals surface area contributed by atoms with Crippen molar-refractivity contribution in [1.29, 1.82) is 0 Å². The number of hydrogen-bond donors (Lipinski definition) is 1. The van der Waals surface area contributed by atoms with E-state index in [0.717, 1.165) is 55.1 Å². The van der Waals surface area contributed by atoms with Crippen molar-refractivity contribution in [2.45, 2.75) is 39.0 Å². The molecule has 0 amide bonds. The van der Waals surface area contributed by atoms with Gasteiger partial charge in [0.2, 0.25) is 0 Å². The van der Waals surface area contributed by atoms with Crippen molar-refractivity contribution >= 4 is 15.9 Å². The SMILES string of the molecule is CCNCCC(C)(C)c1cc2c(cc1Br)OCCCO2. The van der Waals surface area contributed by atoms with Crippen molar-refractivity contribution in [3.05, 3.63) is 22.2 Å². The zero-order chi connectivity index (χ0) is 14.6. The fraction of sp³-hybridized carbons (Fsp3) is 0.625. The molecule has 0 bridgehead atoms. The van der Waals surface area contributed by atoms with E-state index in [2.05, 4.69) is 48.1 Å². The lowest BCUT2D eigenvalue weighted by atomic mass is 9.81. The van der Waals surface area contributed by atoms with Crippen LogP contribution in [-0.2, 0) is 5.41 Å². The van der Waals surface area contributed by atoms with Gasteiger partial charge in [0.1, 0.15) is 0 Å². The molecule has 0 radical (unpaired) electrons.